The fraction of sp³-hybridized carbons (Fsp3) is 0.524. The van der Waals surface area contributed by atoms with E-state index in [0.717, 1.165) is 16.3 Å². The maximum absolute atomic E-state index is 9.89. The molecule has 1 N–H and O–H groups in total. The molecule has 2 aliphatic heterocycles. The van der Waals surface area contributed by atoms with Gasteiger partial charge < -0.3 is 14.6 Å². The van der Waals surface area contributed by atoms with Crippen molar-refractivity contribution in [3.05, 3.63) is 35.9 Å². The van der Waals surface area contributed by atoms with E-state index in [2.05, 4.69) is 34.6 Å². The van der Waals surface area contributed by atoms with E-state index in [0.29, 0.717) is 12.4 Å². The summed E-state index contributed by atoms with van der Waals surface area (Å²) in [5, 5.41) is 11.7. The second-order valence-electron chi connectivity index (χ2n) is 8.97. The third kappa shape index (κ3) is 1.91. The van der Waals surface area contributed by atoms with Gasteiger partial charge in [-0.15, -0.1) is 0 Å². The van der Waals surface area contributed by atoms with E-state index in [-0.39, 0.29) is 16.6 Å². The van der Waals surface area contributed by atoms with Crippen LogP contribution in [0.2, 0.25) is 0 Å². The highest BCUT2D eigenvalue weighted by atomic mass is 17.3. The third-order valence-corrected chi connectivity index (χ3v) is 5.89. The van der Waals surface area contributed by atoms with Gasteiger partial charge in [0.05, 0.1) is 19.3 Å². The Morgan fingerprint density at radius 1 is 1.04 bits per heavy atom. The summed E-state index contributed by atoms with van der Waals surface area (Å²) in [6.45, 7) is 11.2. The van der Waals surface area contributed by atoms with Crippen LogP contribution in [-0.2, 0) is 20.3 Å². The minimum Gasteiger partial charge on any atom is -0.508 e. The van der Waals surface area contributed by atoms with Gasteiger partial charge in [0.2, 0.25) is 0 Å². The van der Waals surface area contributed by atoms with Crippen molar-refractivity contribution in [2.24, 2.45) is 10.8 Å². The largest absolute Gasteiger partial charge is 0.508 e. The van der Waals surface area contributed by atoms with Crippen molar-refractivity contribution in [1.29, 1.82) is 0 Å². The fourth-order valence-corrected chi connectivity index (χ4v) is 4.90. The molecular formula is C21H26O5. The van der Waals surface area contributed by atoms with Gasteiger partial charge in [-0.05, 0) is 35.0 Å². The molecule has 0 radical (unpaired) electrons. The van der Waals surface area contributed by atoms with Crippen molar-refractivity contribution in [2.45, 2.75) is 46.0 Å². The molecule has 2 heterocycles. The van der Waals surface area contributed by atoms with E-state index in [4.69, 9.17) is 19.2 Å². The summed E-state index contributed by atoms with van der Waals surface area (Å²) in [5.41, 5.74) is -0.401. The Labute approximate surface area is 153 Å². The number of phenols is 1. The van der Waals surface area contributed by atoms with Crippen molar-refractivity contribution in [3.63, 3.8) is 0 Å². The molecule has 2 aliphatic rings. The van der Waals surface area contributed by atoms with Crippen LogP contribution in [0.5, 0.6) is 11.5 Å². The Kier molecular flexibility index (Phi) is 3.47. The monoisotopic (exact) mass is 358 g/mol. The molecule has 140 valence electrons. The van der Waals surface area contributed by atoms with E-state index in [1.54, 1.807) is 19.2 Å². The van der Waals surface area contributed by atoms with E-state index in [9.17, 15) is 5.11 Å². The van der Waals surface area contributed by atoms with Crippen LogP contribution in [-0.4, -0.2) is 24.4 Å². The molecule has 5 heteroatoms. The van der Waals surface area contributed by atoms with Gasteiger partial charge in [-0.25, -0.2) is 4.89 Å². The molecule has 0 aliphatic carbocycles. The summed E-state index contributed by atoms with van der Waals surface area (Å²) in [4.78, 5) is 11.6. The number of fused-ring (bicyclic) bond motifs is 2. The molecule has 26 heavy (non-hydrogen) atoms. The quantitative estimate of drug-likeness (QED) is 0.801. The Balaban J connectivity index is 2.00. The Morgan fingerprint density at radius 3 is 2.35 bits per heavy atom. The Morgan fingerprint density at radius 2 is 1.77 bits per heavy atom. The number of methoxy groups -OCH3 is 1. The number of rotatable bonds is 2. The van der Waals surface area contributed by atoms with Crippen LogP contribution in [0.25, 0.3) is 10.8 Å². The molecule has 2 fully saturated rings. The van der Waals surface area contributed by atoms with Crippen LogP contribution in [0, 0.1) is 10.8 Å². The lowest BCUT2D eigenvalue weighted by Gasteiger charge is -2.61. The summed E-state index contributed by atoms with van der Waals surface area (Å²) in [5.74, 6) is -0.163. The van der Waals surface area contributed by atoms with Gasteiger partial charge in [0.1, 0.15) is 11.5 Å². The van der Waals surface area contributed by atoms with Crippen LogP contribution in [0.15, 0.2) is 30.3 Å². The van der Waals surface area contributed by atoms with Crippen LogP contribution in [0.3, 0.4) is 0 Å². The lowest BCUT2D eigenvalue weighted by Crippen LogP contribution is -2.73. The molecule has 2 unspecified atom stereocenters. The molecule has 2 aromatic carbocycles. The van der Waals surface area contributed by atoms with E-state index in [1.807, 2.05) is 18.2 Å². The summed E-state index contributed by atoms with van der Waals surface area (Å²) < 4.78 is 12.0. The van der Waals surface area contributed by atoms with E-state index in [1.165, 1.54) is 0 Å². The first kappa shape index (κ1) is 17.6. The molecule has 0 bridgehead atoms. The average molecular weight is 358 g/mol. The van der Waals surface area contributed by atoms with Crippen molar-refractivity contribution in [2.75, 3.05) is 13.7 Å². The Hall–Kier alpha value is -1.82. The van der Waals surface area contributed by atoms with Gasteiger partial charge in [-0.1, -0.05) is 40.7 Å². The van der Waals surface area contributed by atoms with Crippen molar-refractivity contribution >= 4 is 10.8 Å². The smallest absolute Gasteiger partial charge is 0.265 e. The number of ether oxygens (including phenoxy) is 2. The standard InChI is InChI=1S/C21H26O5/c1-18(2,3)21-19(4,5)12-24-20(21,25-26-21)16-10-14-9-15(22)8-7-13(14)11-17(16)23-6/h7-11,22H,12H2,1-6H3. The molecule has 2 atom stereocenters. The number of benzene rings is 2. The van der Waals surface area contributed by atoms with Gasteiger partial charge in [0.25, 0.3) is 5.79 Å². The maximum Gasteiger partial charge on any atom is 0.265 e. The molecule has 4 rings (SSSR count). The number of hydrogen-bond acceptors (Lipinski definition) is 5. The predicted molar refractivity (Wildman–Crippen MR) is 97.9 cm³/mol. The van der Waals surface area contributed by atoms with Gasteiger partial charge in [0.15, 0.2) is 5.60 Å². The highest BCUT2D eigenvalue weighted by molar-refractivity contribution is 5.86. The molecule has 2 aromatic rings. The van der Waals surface area contributed by atoms with Gasteiger partial charge in [-0.3, -0.25) is 0 Å². The second-order valence-corrected chi connectivity index (χ2v) is 8.97. The number of aromatic hydroxyl groups is 1. The van der Waals surface area contributed by atoms with Crippen LogP contribution in [0.4, 0.5) is 0 Å². The second kappa shape index (κ2) is 5.12. The summed E-state index contributed by atoms with van der Waals surface area (Å²) >= 11 is 0. The van der Waals surface area contributed by atoms with Crippen LogP contribution >= 0.6 is 0 Å². The average Bonchev–Trinajstić information content (AvgIpc) is 2.68. The summed E-state index contributed by atoms with van der Waals surface area (Å²) in [6, 6.07) is 9.18. The first-order chi connectivity index (χ1) is 12.1. The predicted octanol–water partition coefficient (Wildman–Crippen LogP) is 4.51. The van der Waals surface area contributed by atoms with E-state index < -0.39 is 11.4 Å². The summed E-state index contributed by atoms with van der Waals surface area (Å²) in [7, 11) is 1.64. The molecular weight excluding hydrogens is 332 g/mol. The first-order valence-electron chi connectivity index (χ1n) is 8.90. The zero-order valence-corrected chi connectivity index (χ0v) is 16.2. The van der Waals surface area contributed by atoms with Crippen LogP contribution < -0.4 is 4.74 Å². The van der Waals surface area contributed by atoms with E-state index >= 15 is 0 Å². The molecule has 5 nitrogen and oxygen atoms in total. The highest BCUT2D eigenvalue weighted by Crippen LogP contribution is 2.70. The third-order valence-electron chi connectivity index (χ3n) is 5.89. The minimum atomic E-state index is -1.06. The first-order valence-corrected chi connectivity index (χ1v) is 8.90. The molecule has 0 spiro atoms. The lowest BCUT2D eigenvalue weighted by atomic mass is 9.57. The van der Waals surface area contributed by atoms with Crippen molar-refractivity contribution in [1.82, 2.24) is 0 Å². The SMILES string of the molecule is COc1cc2ccc(O)cc2cc1C12OCC(C)(C)C1(C(C)(C)C)OO2. The van der Waals surface area contributed by atoms with Gasteiger partial charge >= 0.3 is 0 Å². The van der Waals surface area contributed by atoms with Gasteiger partial charge in [-0.2, -0.15) is 4.89 Å². The normalized spacial score (nSPS) is 30.1. The van der Waals surface area contributed by atoms with Gasteiger partial charge in [0, 0.05) is 10.8 Å². The zero-order chi connectivity index (χ0) is 19.0. The minimum absolute atomic E-state index is 0.214. The van der Waals surface area contributed by atoms with Crippen LogP contribution in [0.1, 0.15) is 40.2 Å². The van der Waals surface area contributed by atoms with Crippen molar-refractivity contribution < 1.29 is 24.4 Å². The number of hydrogen-bond donors (Lipinski definition) is 1. The summed E-state index contributed by atoms with van der Waals surface area (Å²) in [6.07, 6.45) is 0. The molecule has 0 aromatic heterocycles. The zero-order valence-electron chi connectivity index (χ0n) is 16.2. The number of phenolic OH excluding ortho intramolecular Hbond substituents is 1. The Bertz CT molecular complexity index is 882. The van der Waals surface area contributed by atoms with Crippen molar-refractivity contribution in [3.8, 4) is 11.5 Å². The maximum atomic E-state index is 9.89. The molecule has 2 saturated heterocycles. The molecule has 0 amide bonds. The topological polar surface area (TPSA) is 57.2 Å². The lowest BCUT2D eigenvalue weighted by molar-refractivity contribution is -0.626. The fourth-order valence-electron chi connectivity index (χ4n) is 4.90. The molecule has 0 saturated carbocycles. The highest BCUT2D eigenvalue weighted by Gasteiger charge is 2.81.